The minimum absolute atomic E-state index is 0.302. The molecule has 1 saturated heterocycles. The minimum atomic E-state index is -4.75. The minimum Gasteiger partial charge on any atom is -0.492 e. The summed E-state index contributed by atoms with van der Waals surface area (Å²) in [6.07, 6.45) is 0.446. The van der Waals surface area contributed by atoms with Gasteiger partial charge >= 0.3 is 6.36 Å². The van der Waals surface area contributed by atoms with Crippen LogP contribution in [0.25, 0.3) is 11.3 Å². The highest BCUT2D eigenvalue weighted by Crippen LogP contribution is 2.28. The van der Waals surface area contributed by atoms with Gasteiger partial charge in [0, 0.05) is 23.9 Å². The molecule has 0 aliphatic carbocycles. The van der Waals surface area contributed by atoms with Crippen LogP contribution in [-0.2, 0) is 0 Å². The van der Waals surface area contributed by atoms with Crippen molar-refractivity contribution in [3.05, 3.63) is 60.9 Å². The SMILES string of the molecule is FC(F)(F)Oc1cccc(-c2cc(Nc3ccc(OCCN4CCCCC4)cc3)ncn2)c1. The molecular weight excluding hydrogens is 433 g/mol. The molecule has 2 aromatic carbocycles. The average Bonchev–Trinajstić information content (AvgIpc) is 2.80. The van der Waals surface area contributed by atoms with E-state index in [9.17, 15) is 13.2 Å². The van der Waals surface area contributed by atoms with E-state index in [1.165, 1.54) is 43.8 Å². The van der Waals surface area contributed by atoms with Crippen LogP contribution < -0.4 is 14.8 Å². The second-order valence-electron chi connectivity index (χ2n) is 7.76. The summed E-state index contributed by atoms with van der Waals surface area (Å²) in [6, 6.07) is 14.9. The number of aromatic nitrogens is 2. The van der Waals surface area contributed by atoms with Crippen molar-refractivity contribution in [2.45, 2.75) is 25.6 Å². The molecule has 0 spiro atoms. The van der Waals surface area contributed by atoms with Gasteiger partial charge in [0.15, 0.2) is 0 Å². The predicted octanol–water partition coefficient (Wildman–Crippen LogP) is 5.65. The monoisotopic (exact) mass is 458 g/mol. The second-order valence-corrected chi connectivity index (χ2v) is 7.76. The van der Waals surface area contributed by atoms with E-state index in [0.717, 1.165) is 31.1 Å². The molecule has 1 aromatic heterocycles. The molecule has 1 fully saturated rings. The predicted molar refractivity (Wildman–Crippen MR) is 120 cm³/mol. The number of hydrogen-bond donors (Lipinski definition) is 1. The van der Waals surface area contributed by atoms with Crippen molar-refractivity contribution >= 4 is 11.5 Å². The maximum atomic E-state index is 12.5. The van der Waals surface area contributed by atoms with E-state index >= 15 is 0 Å². The lowest BCUT2D eigenvalue weighted by atomic mass is 10.1. The first-order valence-corrected chi connectivity index (χ1v) is 10.9. The average molecular weight is 458 g/mol. The molecule has 2 heterocycles. The van der Waals surface area contributed by atoms with Gasteiger partial charge in [-0.15, -0.1) is 13.2 Å². The molecule has 0 unspecified atom stereocenters. The first-order chi connectivity index (χ1) is 15.9. The summed E-state index contributed by atoms with van der Waals surface area (Å²) in [5.41, 5.74) is 1.76. The zero-order valence-corrected chi connectivity index (χ0v) is 18.0. The maximum absolute atomic E-state index is 12.5. The van der Waals surface area contributed by atoms with Crippen molar-refractivity contribution in [3.63, 3.8) is 0 Å². The molecule has 9 heteroatoms. The highest BCUT2D eigenvalue weighted by atomic mass is 19.4. The van der Waals surface area contributed by atoms with Gasteiger partial charge in [-0.1, -0.05) is 18.6 Å². The molecule has 3 aromatic rings. The zero-order chi connectivity index (χ0) is 23.1. The molecule has 6 nitrogen and oxygen atoms in total. The van der Waals surface area contributed by atoms with Crippen LogP contribution in [0.5, 0.6) is 11.5 Å². The topological polar surface area (TPSA) is 59.5 Å². The fourth-order valence-corrected chi connectivity index (χ4v) is 3.69. The largest absolute Gasteiger partial charge is 0.573 e. The summed E-state index contributed by atoms with van der Waals surface area (Å²) in [5, 5.41) is 3.18. The number of benzene rings is 2. The lowest BCUT2D eigenvalue weighted by molar-refractivity contribution is -0.274. The van der Waals surface area contributed by atoms with Crippen molar-refractivity contribution in [2.24, 2.45) is 0 Å². The lowest BCUT2D eigenvalue weighted by Gasteiger charge is -2.26. The van der Waals surface area contributed by atoms with Crippen molar-refractivity contribution in [2.75, 3.05) is 31.6 Å². The van der Waals surface area contributed by atoms with Crippen molar-refractivity contribution < 1.29 is 22.6 Å². The Bertz CT molecular complexity index is 1040. The third-order valence-corrected chi connectivity index (χ3v) is 5.28. The number of ether oxygens (including phenoxy) is 2. The summed E-state index contributed by atoms with van der Waals surface area (Å²) in [5.74, 6) is 1.01. The van der Waals surface area contributed by atoms with Gasteiger partial charge in [-0.3, -0.25) is 4.90 Å². The molecular formula is C24H25F3N4O2. The van der Waals surface area contributed by atoms with E-state index in [4.69, 9.17) is 4.74 Å². The van der Waals surface area contributed by atoms with Gasteiger partial charge in [-0.2, -0.15) is 0 Å². The highest BCUT2D eigenvalue weighted by molar-refractivity contribution is 5.66. The van der Waals surface area contributed by atoms with Gasteiger partial charge in [0.05, 0.1) is 5.69 Å². The Morgan fingerprint density at radius 3 is 2.45 bits per heavy atom. The summed E-state index contributed by atoms with van der Waals surface area (Å²) < 4.78 is 47.3. The van der Waals surface area contributed by atoms with E-state index < -0.39 is 6.36 Å². The van der Waals surface area contributed by atoms with Crippen LogP contribution in [-0.4, -0.2) is 47.5 Å². The number of hydrogen-bond acceptors (Lipinski definition) is 6. The first-order valence-electron chi connectivity index (χ1n) is 10.9. The second kappa shape index (κ2) is 10.5. The molecule has 1 N–H and O–H groups in total. The smallest absolute Gasteiger partial charge is 0.492 e. The fourth-order valence-electron chi connectivity index (χ4n) is 3.69. The van der Waals surface area contributed by atoms with Crippen molar-refractivity contribution in [1.82, 2.24) is 14.9 Å². The summed E-state index contributed by atoms with van der Waals surface area (Å²) in [6.45, 7) is 3.87. The van der Waals surface area contributed by atoms with Gasteiger partial charge in [0.25, 0.3) is 0 Å². The Kier molecular flexibility index (Phi) is 7.29. The van der Waals surface area contributed by atoms with Crippen LogP contribution in [0.3, 0.4) is 0 Å². The number of piperidine rings is 1. The van der Waals surface area contributed by atoms with E-state index in [2.05, 4.69) is 24.9 Å². The maximum Gasteiger partial charge on any atom is 0.573 e. The molecule has 1 aliphatic heterocycles. The Balaban J connectivity index is 1.35. The summed E-state index contributed by atoms with van der Waals surface area (Å²) >= 11 is 0. The van der Waals surface area contributed by atoms with E-state index in [-0.39, 0.29) is 5.75 Å². The van der Waals surface area contributed by atoms with Gasteiger partial charge in [-0.25, -0.2) is 9.97 Å². The molecule has 0 bridgehead atoms. The summed E-state index contributed by atoms with van der Waals surface area (Å²) in [7, 11) is 0. The molecule has 0 saturated carbocycles. The van der Waals surface area contributed by atoms with Crippen LogP contribution in [0, 0.1) is 0 Å². The van der Waals surface area contributed by atoms with Crippen molar-refractivity contribution in [3.8, 4) is 22.8 Å². The third kappa shape index (κ3) is 7.08. The van der Waals surface area contributed by atoms with Crippen LogP contribution >= 0.6 is 0 Å². The number of anilines is 2. The zero-order valence-electron chi connectivity index (χ0n) is 18.0. The lowest BCUT2D eigenvalue weighted by Crippen LogP contribution is -2.33. The van der Waals surface area contributed by atoms with Crippen molar-refractivity contribution in [1.29, 1.82) is 0 Å². The van der Waals surface area contributed by atoms with Gasteiger partial charge in [0.1, 0.15) is 30.3 Å². The Labute approximate surface area is 190 Å². The molecule has 0 radical (unpaired) electrons. The third-order valence-electron chi connectivity index (χ3n) is 5.28. The highest BCUT2D eigenvalue weighted by Gasteiger charge is 2.31. The number of nitrogens with zero attached hydrogens (tertiary/aromatic N) is 3. The molecule has 174 valence electrons. The standard InChI is InChI=1S/C24H25F3N4O2/c25-24(26,27)33-21-6-4-5-18(15-21)22-16-23(29-17-28-22)30-19-7-9-20(10-8-19)32-14-13-31-11-2-1-3-12-31/h4-10,15-17H,1-3,11-14H2,(H,28,29,30). The van der Waals surface area contributed by atoms with Gasteiger partial charge in [-0.05, 0) is 62.3 Å². The molecule has 33 heavy (non-hydrogen) atoms. The number of alkyl halides is 3. The molecule has 0 atom stereocenters. The molecule has 4 rings (SSSR count). The Hall–Kier alpha value is -3.33. The van der Waals surface area contributed by atoms with E-state index in [1.807, 2.05) is 24.3 Å². The van der Waals surface area contributed by atoms with Gasteiger partial charge in [0.2, 0.25) is 0 Å². The summed E-state index contributed by atoms with van der Waals surface area (Å²) in [4.78, 5) is 10.8. The normalized spacial score (nSPS) is 14.6. The number of rotatable bonds is 8. The Morgan fingerprint density at radius 1 is 0.909 bits per heavy atom. The Morgan fingerprint density at radius 2 is 1.70 bits per heavy atom. The van der Waals surface area contributed by atoms with Gasteiger partial charge < -0.3 is 14.8 Å². The number of nitrogens with one attached hydrogen (secondary N) is 1. The number of likely N-dealkylation sites (tertiary alicyclic amines) is 1. The first kappa shape index (κ1) is 22.8. The quantitative estimate of drug-likeness (QED) is 0.471. The van der Waals surface area contributed by atoms with Crippen LogP contribution in [0.4, 0.5) is 24.7 Å². The number of halogens is 3. The van der Waals surface area contributed by atoms with Crippen LogP contribution in [0.2, 0.25) is 0 Å². The van der Waals surface area contributed by atoms with E-state index in [1.54, 1.807) is 12.1 Å². The molecule has 1 aliphatic rings. The van der Waals surface area contributed by atoms with E-state index in [0.29, 0.717) is 23.7 Å². The fraction of sp³-hybridized carbons (Fsp3) is 0.333. The van der Waals surface area contributed by atoms with Crippen LogP contribution in [0.15, 0.2) is 60.9 Å². The van der Waals surface area contributed by atoms with Crippen LogP contribution in [0.1, 0.15) is 19.3 Å². The molecule has 0 amide bonds.